The van der Waals surface area contributed by atoms with Gasteiger partial charge >= 0.3 is 0 Å². The molecule has 1 spiro atoms. The Kier molecular flexibility index (Phi) is 1.93. The Morgan fingerprint density at radius 2 is 2.06 bits per heavy atom. The van der Waals surface area contributed by atoms with E-state index >= 15 is 0 Å². The second-order valence-electron chi connectivity index (χ2n) is 4.37. The van der Waals surface area contributed by atoms with Gasteiger partial charge in [-0.05, 0) is 37.8 Å². The molecule has 0 unspecified atom stereocenters. The number of amides is 1. The molecule has 0 radical (unpaired) electrons. The van der Waals surface area contributed by atoms with Gasteiger partial charge < -0.3 is 10.1 Å². The van der Waals surface area contributed by atoms with Gasteiger partial charge in [-0.15, -0.1) is 0 Å². The molecule has 1 heterocycles. The van der Waals surface area contributed by atoms with E-state index in [-0.39, 0.29) is 11.6 Å². The molecule has 16 heavy (non-hydrogen) atoms. The molecule has 1 fully saturated rings. The fourth-order valence-electron chi connectivity index (χ4n) is 2.47. The van der Waals surface area contributed by atoms with Gasteiger partial charge in [0.25, 0.3) is 5.91 Å². The topological polar surface area (TPSA) is 38.3 Å². The van der Waals surface area contributed by atoms with Crippen LogP contribution in [0.25, 0.3) is 0 Å². The Labute approximate surface area is 92.6 Å². The van der Waals surface area contributed by atoms with E-state index in [2.05, 4.69) is 5.32 Å². The normalized spacial score (nSPS) is 21.4. The standard InChI is InChI=1S/C12H12FNO2/c13-8-4-3-5-9-10(8)14-11(15)12(16-9)6-1-2-7-12/h3-5H,1-2,6-7H2,(H,14,15). The molecule has 1 N–H and O–H groups in total. The van der Waals surface area contributed by atoms with Crippen molar-refractivity contribution in [1.29, 1.82) is 0 Å². The number of hydrogen-bond donors (Lipinski definition) is 1. The fourth-order valence-corrected chi connectivity index (χ4v) is 2.47. The van der Waals surface area contributed by atoms with Crippen molar-refractivity contribution >= 4 is 11.6 Å². The van der Waals surface area contributed by atoms with Crippen LogP contribution in [-0.2, 0) is 4.79 Å². The highest BCUT2D eigenvalue weighted by molar-refractivity contribution is 6.01. The summed E-state index contributed by atoms with van der Waals surface area (Å²) in [4.78, 5) is 11.9. The zero-order valence-corrected chi connectivity index (χ0v) is 8.75. The maximum atomic E-state index is 13.4. The largest absolute Gasteiger partial charge is 0.475 e. The summed E-state index contributed by atoms with van der Waals surface area (Å²) >= 11 is 0. The summed E-state index contributed by atoms with van der Waals surface area (Å²) in [7, 11) is 0. The monoisotopic (exact) mass is 221 g/mol. The first-order valence-electron chi connectivity index (χ1n) is 5.50. The minimum absolute atomic E-state index is 0.171. The van der Waals surface area contributed by atoms with Crippen molar-refractivity contribution in [1.82, 2.24) is 0 Å². The van der Waals surface area contributed by atoms with Crippen LogP contribution in [0.5, 0.6) is 5.75 Å². The van der Waals surface area contributed by atoms with Crippen LogP contribution in [0.2, 0.25) is 0 Å². The Morgan fingerprint density at radius 1 is 1.31 bits per heavy atom. The van der Waals surface area contributed by atoms with E-state index in [4.69, 9.17) is 4.74 Å². The lowest BCUT2D eigenvalue weighted by molar-refractivity contribution is -0.132. The molecule has 1 aliphatic heterocycles. The number of halogens is 1. The zero-order chi connectivity index (χ0) is 11.2. The highest BCUT2D eigenvalue weighted by Crippen LogP contribution is 2.42. The Balaban J connectivity index is 2.05. The molecule has 3 rings (SSSR count). The van der Waals surface area contributed by atoms with Crippen LogP contribution in [0.4, 0.5) is 10.1 Å². The third kappa shape index (κ3) is 1.22. The number of ether oxygens (including phenoxy) is 1. The molecule has 3 nitrogen and oxygen atoms in total. The lowest BCUT2D eigenvalue weighted by atomic mass is 9.98. The van der Waals surface area contributed by atoms with Gasteiger partial charge in [-0.3, -0.25) is 4.79 Å². The highest BCUT2D eigenvalue weighted by atomic mass is 19.1. The Morgan fingerprint density at radius 3 is 2.81 bits per heavy atom. The lowest BCUT2D eigenvalue weighted by Gasteiger charge is -2.34. The van der Waals surface area contributed by atoms with Crippen molar-refractivity contribution in [3.8, 4) is 5.75 Å². The van der Waals surface area contributed by atoms with Gasteiger partial charge in [-0.25, -0.2) is 4.39 Å². The molecule has 2 aliphatic rings. The van der Waals surface area contributed by atoms with Crippen molar-refractivity contribution in [2.45, 2.75) is 31.3 Å². The average molecular weight is 221 g/mol. The molecule has 1 amide bonds. The van der Waals surface area contributed by atoms with Gasteiger partial charge in [-0.2, -0.15) is 0 Å². The molecule has 0 atom stereocenters. The summed E-state index contributed by atoms with van der Waals surface area (Å²) in [6.45, 7) is 0. The second kappa shape index (κ2) is 3.20. The number of rotatable bonds is 0. The molecule has 1 aromatic carbocycles. The molecule has 0 aromatic heterocycles. The number of carbonyl (C=O) groups excluding carboxylic acids is 1. The lowest BCUT2D eigenvalue weighted by Crippen LogP contribution is -2.48. The molecule has 4 heteroatoms. The van der Waals surface area contributed by atoms with E-state index < -0.39 is 11.4 Å². The molecular weight excluding hydrogens is 209 g/mol. The van der Waals surface area contributed by atoms with E-state index in [1.54, 1.807) is 12.1 Å². The summed E-state index contributed by atoms with van der Waals surface area (Å²) in [6.07, 6.45) is 3.40. The Bertz CT molecular complexity index is 452. The smallest absolute Gasteiger partial charge is 0.268 e. The zero-order valence-electron chi connectivity index (χ0n) is 8.75. The number of anilines is 1. The van der Waals surface area contributed by atoms with Crippen LogP contribution < -0.4 is 10.1 Å². The van der Waals surface area contributed by atoms with Crippen LogP contribution in [-0.4, -0.2) is 11.5 Å². The van der Waals surface area contributed by atoms with Crippen LogP contribution in [0.3, 0.4) is 0 Å². The van der Waals surface area contributed by atoms with E-state index in [9.17, 15) is 9.18 Å². The number of hydrogen-bond acceptors (Lipinski definition) is 2. The Hall–Kier alpha value is -1.58. The summed E-state index contributed by atoms with van der Waals surface area (Å²) in [5.74, 6) is -0.206. The molecule has 84 valence electrons. The summed E-state index contributed by atoms with van der Waals surface area (Å²) < 4.78 is 19.1. The molecule has 0 saturated heterocycles. The minimum atomic E-state index is -0.749. The predicted octanol–water partition coefficient (Wildman–Crippen LogP) is 2.47. The van der Waals surface area contributed by atoms with Crippen molar-refractivity contribution < 1.29 is 13.9 Å². The van der Waals surface area contributed by atoms with Gasteiger partial charge in [0.05, 0.1) is 0 Å². The molecule has 0 bridgehead atoms. The quantitative estimate of drug-likeness (QED) is 0.730. The van der Waals surface area contributed by atoms with Gasteiger partial charge in [0.2, 0.25) is 0 Å². The van der Waals surface area contributed by atoms with Gasteiger partial charge in [0.1, 0.15) is 11.4 Å². The summed E-state index contributed by atoms with van der Waals surface area (Å²) in [5, 5.41) is 2.62. The number of carbonyl (C=O) groups is 1. The van der Waals surface area contributed by atoms with Gasteiger partial charge in [-0.1, -0.05) is 6.07 Å². The second-order valence-corrected chi connectivity index (χ2v) is 4.37. The van der Waals surface area contributed by atoms with E-state index in [1.165, 1.54) is 6.07 Å². The summed E-state index contributed by atoms with van der Waals surface area (Å²) in [5.41, 5.74) is -0.578. The van der Waals surface area contributed by atoms with Crippen molar-refractivity contribution in [3.63, 3.8) is 0 Å². The van der Waals surface area contributed by atoms with Crippen LogP contribution in [0.1, 0.15) is 25.7 Å². The van der Waals surface area contributed by atoms with Gasteiger partial charge in [0.15, 0.2) is 11.4 Å². The molecule has 1 aromatic rings. The minimum Gasteiger partial charge on any atom is -0.475 e. The molecular formula is C12H12FNO2. The highest BCUT2D eigenvalue weighted by Gasteiger charge is 2.47. The van der Waals surface area contributed by atoms with Crippen LogP contribution >= 0.6 is 0 Å². The van der Waals surface area contributed by atoms with Gasteiger partial charge in [0, 0.05) is 0 Å². The maximum Gasteiger partial charge on any atom is 0.268 e. The maximum absolute atomic E-state index is 13.4. The first-order valence-corrected chi connectivity index (χ1v) is 5.50. The SMILES string of the molecule is O=C1Nc2c(F)cccc2OC12CCCC2. The first-order chi connectivity index (χ1) is 7.71. The molecule has 1 saturated carbocycles. The average Bonchev–Trinajstić information content (AvgIpc) is 2.71. The number of benzene rings is 1. The van der Waals surface area contributed by atoms with Crippen LogP contribution in [0.15, 0.2) is 18.2 Å². The first kappa shape index (κ1) is 9.63. The number of fused-ring (bicyclic) bond motifs is 1. The third-order valence-electron chi connectivity index (χ3n) is 3.34. The van der Waals surface area contributed by atoms with Crippen molar-refractivity contribution in [2.75, 3.05) is 5.32 Å². The number of nitrogens with one attached hydrogen (secondary N) is 1. The van der Waals surface area contributed by atoms with E-state index in [0.717, 1.165) is 25.7 Å². The third-order valence-corrected chi connectivity index (χ3v) is 3.34. The molecule has 1 aliphatic carbocycles. The van der Waals surface area contributed by atoms with E-state index in [1.807, 2.05) is 0 Å². The van der Waals surface area contributed by atoms with Crippen molar-refractivity contribution in [3.05, 3.63) is 24.0 Å². The fraction of sp³-hybridized carbons (Fsp3) is 0.417. The van der Waals surface area contributed by atoms with E-state index in [0.29, 0.717) is 5.75 Å². The number of para-hydroxylation sites is 1. The van der Waals surface area contributed by atoms with Crippen molar-refractivity contribution in [2.24, 2.45) is 0 Å². The van der Waals surface area contributed by atoms with Crippen LogP contribution in [0, 0.1) is 5.82 Å². The predicted molar refractivity (Wildman–Crippen MR) is 56.9 cm³/mol. The summed E-state index contributed by atoms with van der Waals surface area (Å²) in [6, 6.07) is 4.60.